The summed E-state index contributed by atoms with van der Waals surface area (Å²) in [6.07, 6.45) is -0.722. The molecule has 3 aliphatic rings. The number of carbonyl (C=O) groups is 4. The van der Waals surface area contributed by atoms with Crippen LogP contribution in [0.15, 0.2) is 60.7 Å². The topological polar surface area (TPSA) is 161 Å². The molecule has 14 heteroatoms. The van der Waals surface area contributed by atoms with Crippen molar-refractivity contribution in [2.45, 2.75) is 51.4 Å². The number of esters is 3. The highest BCUT2D eigenvalue weighted by Crippen LogP contribution is 2.57. The number of carbonyl (C=O) groups excluding carboxylic acids is 4. The van der Waals surface area contributed by atoms with Crippen LogP contribution in [0.5, 0.6) is 23.0 Å². The number of hydrogen-bond donors (Lipinski definition) is 1. The van der Waals surface area contributed by atoms with Gasteiger partial charge in [0.1, 0.15) is 18.0 Å². The van der Waals surface area contributed by atoms with Crippen LogP contribution in [-0.2, 0) is 30.2 Å². The first-order valence-corrected chi connectivity index (χ1v) is 18.6. The van der Waals surface area contributed by atoms with Gasteiger partial charge in [-0.1, -0.05) is 25.1 Å². The van der Waals surface area contributed by atoms with E-state index in [9.17, 15) is 19.2 Å². The molecule has 0 bridgehead atoms. The first-order chi connectivity index (χ1) is 27.0. The van der Waals surface area contributed by atoms with Crippen molar-refractivity contribution in [3.63, 3.8) is 0 Å². The molecule has 14 nitrogen and oxygen atoms in total. The third-order valence-electron chi connectivity index (χ3n) is 11.6. The first-order valence-electron chi connectivity index (χ1n) is 18.6. The Hall–Kier alpha value is -5.60. The molecular formula is C42H46N2O12. The van der Waals surface area contributed by atoms with Crippen molar-refractivity contribution in [3.8, 4) is 23.0 Å². The zero-order chi connectivity index (χ0) is 39.7. The zero-order valence-electron chi connectivity index (χ0n) is 32.2. The molecule has 2 fully saturated rings. The molecule has 3 heterocycles. The quantitative estimate of drug-likeness (QED) is 0.0829. The monoisotopic (exact) mass is 770 g/mol. The fourth-order valence-corrected chi connectivity index (χ4v) is 8.93. The lowest BCUT2D eigenvalue weighted by Crippen LogP contribution is -2.63. The minimum Gasteiger partial charge on any atom is -0.493 e. The lowest BCUT2D eigenvalue weighted by atomic mass is 9.54. The van der Waals surface area contributed by atoms with Gasteiger partial charge >= 0.3 is 24.1 Å². The Bertz CT molecular complexity index is 2110. The maximum Gasteiger partial charge on any atom is 0.514 e. The molecule has 1 aromatic heterocycles. The maximum atomic E-state index is 13.9. The van der Waals surface area contributed by atoms with E-state index in [1.165, 1.54) is 46.1 Å². The van der Waals surface area contributed by atoms with Crippen molar-refractivity contribution in [1.82, 2.24) is 9.88 Å². The molecule has 296 valence electrons. The fraction of sp³-hybridized carbons (Fsp3) is 0.429. The van der Waals surface area contributed by atoms with Gasteiger partial charge in [0.05, 0.1) is 51.0 Å². The summed E-state index contributed by atoms with van der Waals surface area (Å²) in [5, 5.41) is 1.06. The lowest BCUT2D eigenvalue weighted by Gasteiger charge is -2.58. The predicted molar refractivity (Wildman–Crippen MR) is 201 cm³/mol. The smallest absolute Gasteiger partial charge is 0.493 e. The summed E-state index contributed by atoms with van der Waals surface area (Å²) in [4.78, 5) is 58.7. The van der Waals surface area contributed by atoms with Gasteiger partial charge < -0.3 is 42.9 Å². The Morgan fingerprint density at radius 3 is 2.29 bits per heavy atom. The summed E-state index contributed by atoms with van der Waals surface area (Å²) in [5.74, 6) is -1.91. The van der Waals surface area contributed by atoms with Gasteiger partial charge in [-0.25, -0.2) is 14.4 Å². The Labute approximate surface area is 324 Å². The van der Waals surface area contributed by atoms with Crippen LogP contribution in [0.2, 0.25) is 0 Å². The summed E-state index contributed by atoms with van der Waals surface area (Å²) in [7, 11) is 5.59. The Morgan fingerprint density at radius 2 is 1.62 bits per heavy atom. The van der Waals surface area contributed by atoms with Crippen molar-refractivity contribution in [3.05, 3.63) is 83.0 Å². The minimum atomic E-state index is -0.957. The second kappa shape index (κ2) is 15.9. The van der Waals surface area contributed by atoms with Gasteiger partial charge in [-0.05, 0) is 79.5 Å². The number of rotatable bonds is 10. The number of hydrogen-bond acceptors (Lipinski definition) is 13. The van der Waals surface area contributed by atoms with Crippen molar-refractivity contribution in [1.29, 1.82) is 0 Å². The third kappa shape index (κ3) is 7.03. The van der Waals surface area contributed by atoms with Gasteiger partial charge in [0.15, 0.2) is 11.5 Å². The molecule has 7 rings (SSSR count). The van der Waals surface area contributed by atoms with E-state index in [0.29, 0.717) is 30.7 Å². The SMILES string of the molecule is CCOC(=O)Oc1c(OC)cc(C(=O)OC2CC3CN4CCc5c([nH]c6cc(OC(=O)c7ccccc7)ccc56)C4CC3(C)C(C(=O)OC)C2OC)cc1OC. The van der Waals surface area contributed by atoms with Crippen LogP contribution < -0.4 is 18.9 Å². The van der Waals surface area contributed by atoms with Gasteiger partial charge in [-0.3, -0.25) is 9.69 Å². The van der Waals surface area contributed by atoms with Gasteiger partial charge in [-0.15, -0.1) is 0 Å². The molecule has 1 saturated heterocycles. The van der Waals surface area contributed by atoms with E-state index in [0.717, 1.165) is 29.6 Å². The normalized spacial score (nSPS) is 24.1. The highest BCUT2D eigenvalue weighted by atomic mass is 16.7. The van der Waals surface area contributed by atoms with E-state index in [4.69, 9.17) is 37.9 Å². The zero-order valence-corrected chi connectivity index (χ0v) is 32.2. The molecule has 1 saturated carbocycles. The number of aromatic nitrogens is 1. The van der Waals surface area contributed by atoms with Gasteiger partial charge in [0, 0.05) is 42.9 Å². The Morgan fingerprint density at radius 1 is 0.893 bits per heavy atom. The highest BCUT2D eigenvalue weighted by molar-refractivity contribution is 5.93. The van der Waals surface area contributed by atoms with Crippen LogP contribution >= 0.6 is 0 Å². The molecule has 3 aromatic carbocycles. The van der Waals surface area contributed by atoms with Crippen molar-refractivity contribution in [2.75, 3.05) is 48.1 Å². The van der Waals surface area contributed by atoms with Crippen molar-refractivity contribution >= 4 is 35.0 Å². The standard InChI is InChI=1S/C42H46N2O12/c1-7-53-41(48)56-36-31(49-3)17-24(18-32(36)50-4)39(46)55-33-19-25-22-44-16-15-28-27-14-13-26(54-38(45)23-11-9-8-10-12-23)20-29(27)43-35(28)30(44)21-42(25,2)34(37(33)51-5)40(47)52-6/h8-14,17-18,20,25,30,33-34,37,43H,7,15-16,19,21-22H2,1-6H3. The van der Waals surface area contributed by atoms with E-state index >= 15 is 0 Å². The van der Waals surface area contributed by atoms with E-state index in [2.05, 4.69) is 16.8 Å². The summed E-state index contributed by atoms with van der Waals surface area (Å²) >= 11 is 0. The molecule has 56 heavy (non-hydrogen) atoms. The van der Waals surface area contributed by atoms with Crippen LogP contribution in [0.3, 0.4) is 0 Å². The maximum absolute atomic E-state index is 13.9. The minimum absolute atomic E-state index is 0.0400. The molecule has 4 aromatic rings. The number of piperidine rings is 1. The molecule has 6 unspecified atom stereocenters. The average molecular weight is 771 g/mol. The summed E-state index contributed by atoms with van der Waals surface area (Å²) in [6, 6.07) is 17.3. The van der Waals surface area contributed by atoms with Gasteiger partial charge in [0.2, 0.25) is 5.75 Å². The van der Waals surface area contributed by atoms with E-state index in [1.807, 2.05) is 24.3 Å². The number of nitrogens with zero attached hydrogens (tertiary/aromatic N) is 1. The summed E-state index contributed by atoms with van der Waals surface area (Å²) in [5.41, 5.74) is 3.09. The predicted octanol–water partition coefficient (Wildman–Crippen LogP) is 6.30. The molecular weight excluding hydrogens is 724 g/mol. The van der Waals surface area contributed by atoms with Crippen LogP contribution in [-0.4, -0.2) is 94.3 Å². The third-order valence-corrected chi connectivity index (χ3v) is 11.6. The first kappa shape index (κ1) is 38.7. The van der Waals surface area contributed by atoms with Crippen LogP contribution in [0.1, 0.15) is 64.7 Å². The average Bonchev–Trinajstić information content (AvgIpc) is 3.58. The number of nitrogens with one attached hydrogen (secondary N) is 1. The van der Waals surface area contributed by atoms with Gasteiger partial charge in [0.25, 0.3) is 0 Å². The Balaban J connectivity index is 1.15. The fourth-order valence-electron chi connectivity index (χ4n) is 8.93. The Kier molecular flexibility index (Phi) is 11.0. The summed E-state index contributed by atoms with van der Waals surface area (Å²) in [6.45, 7) is 5.29. The molecule has 0 amide bonds. The second-order valence-electron chi connectivity index (χ2n) is 14.5. The number of aromatic amines is 1. The van der Waals surface area contributed by atoms with Gasteiger partial charge in [-0.2, -0.15) is 0 Å². The van der Waals surface area contributed by atoms with E-state index in [-0.39, 0.29) is 41.4 Å². The highest BCUT2D eigenvalue weighted by Gasteiger charge is 2.61. The molecule has 1 N–H and O–H groups in total. The van der Waals surface area contributed by atoms with Crippen LogP contribution in [0.25, 0.3) is 10.9 Å². The molecule has 6 atom stereocenters. The molecule has 1 aliphatic carbocycles. The summed E-state index contributed by atoms with van der Waals surface area (Å²) < 4.78 is 44.4. The number of methoxy groups -OCH3 is 4. The largest absolute Gasteiger partial charge is 0.514 e. The number of ether oxygens (including phenoxy) is 8. The molecule has 2 aliphatic heterocycles. The molecule has 0 spiro atoms. The lowest BCUT2D eigenvalue weighted by molar-refractivity contribution is -0.196. The number of fused-ring (bicyclic) bond motifs is 6. The van der Waals surface area contributed by atoms with Crippen molar-refractivity contribution in [2.24, 2.45) is 17.3 Å². The van der Waals surface area contributed by atoms with Crippen molar-refractivity contribution < 1.29 is 57.1 Å². The van der Waals surface area contributed by atoms with E-state index in [1.54, 1.807) is 31.2 Å². The molecule has 0 radical (unpaired) electrons. The van der Waals surface area contributed by atoms with E-state index < -0.39 is 47.6 Å². The number of H-pyrrole nitrogens is 1. The second-order valence-corrected chi connectivity index (χ2v) is 14.5. The van der Waals surface area contributed by atoms with Crippen LogP contribution in [0.4, 0.5) is 4.79 Å². The number of benzene rings is 3. The van der Waals surface area contributed by atoms with Crippen LogP contribution in [0, 0.1) is 17.3 Å².